The van der Waals surface area contributed by atoms with Crippen LogP contribution in [-0.2, 0) is 14.0 Å². The Morgan fingerprint density at radius 1 is 1.43 bits per heavy atom. The van der Waals surface area contributed by atoms with Crippen LogP contribution < -0.4 is 0 Å². The topological polar surface area (TPSA) is 35.5 Å². The first-order valence-corrected chi connectivity index (χ1v) is 7.86. The number of hydrogen-bond acceptors (Lipinski definition) is 3. The molecule has 0 saturated heterocycles. The van der Waals surface area contributed by atoms with Crippen LogP contribution in [0.2, 0.25) is 13.1 Å². The first kappa shape index (κ1) is 13.4. The highest BCUT2D eigenvalue weighted by molar-refractivity contribution is 6.71. The van der Waals surface area contributed by atoms with Gasteiger partial charge in [0.15, 0.2) is 0 Å². The van der Waals surface area contributed by atoms with E-state index in [1.165, 1.54) is 0 Å². The fourth-order valence-electron chi connectivity index (χ4n) is 1.03. The van der Waals surface area contributed by atoms with Crippen LogP contribution >= 0.6 is 0 Å². The van der Waals surface area contributed by atoms with Gasteiger partial charge in [-0.15, -0.1) is 0 Å². The maximum Gasteiger partial charge on any atom is 0.332 e. The highest BCUT2D eigenvalue weighted by Gasteiger charge is 2.26. The smallest absolute Gasteiger partial charge is 0.332 e. The number of hydrogen-bond donors (Lipinski definition) is 0. The van der Waals surface area contributed by atoms with Crippen molar-refractivity contribution in [1.82, 2.24) is 0 Å². The molecule has 0 aliphatic carbocycles. The fourth-order valence-corrected chi connectivity index (χ4v) is 2.86. The van der Waals surface area contributed by atoms with E-state index in [9.17, 15) is 4.79 Å². The van der Waals surface area contributed by atoms with E-state index in [0.29, 0.717) is 11.8 Å². The van der Waals surface area contributed by atoms with Gasteiger partial charge in [-0.05, 0) is 33.9 Å². The van der Waals surface area contributed by atoms with Crippen LogP contribution in [0.25, 0.3) is 0 Å². The summed E-state index contributed by atoms with van der Waals surface area (Å²) in [4.78, 5) is 11.1. The molecule has 0 bridgehead atoms. The molecule has 4 heteroatoms. The molecule has 0 atom stereocenters. The molecule has 0 aromatic heterocycles. The van der Waals surface area contributed by atoms with Crippen molar-refractivity contribution in [2.24, 2.45) is 0 Å². The summed E-state index contributed by atoms with van der Waals surface area (Å²) in [5.41, 5.74) is 0.430. The zero-order valence-corrected chi connectivity index (χ0v) is 10.7. The summed E-state index contributed by atoms with van der Waals surface area (Å²) in [5, 5.41) is 0. The molecule has 0 unspecified atom stereocenters. The highest BCUT2D eigenvalue weighted by atomic mass is 28.4. The SMILES string of the molecule is C=C(C)C(=O)OC[Si](C)(C)OC(C)C. The summed E-state index contributed by atoms with van der Waals surface area (Å²) >= 11 is 0. The van der Waals surface area contributed by atoms with Crippen LogP contribution in [0.3, 0.4) is 0 Å². The standard InChI is InChI=1S/C10H20O3Si/c1-8(2)10(11)12-7-14(5,6)13-9(3)4/h9H,1,7H2,2-6H3. The largest absolute Gasteiger partial charge is 0.463 e. The number of carbonyl (C=O) groups is 1. The van der Waals surface area contributed by atoms with Crippen LogP contribution in [0.4, 0.5) is 0 Å². The molecule has 0 fully saturated rings. The monoisotopic (exact) mass is 216 g/mol. The van der Waals surface area contributed by atoms with E-state index in [1.807, 2.05) is 26.9 Å². The second kappa shape index (κ2) is 5.31. The van der Waals surface area contributed by atoms with Crippen molar-refractivity contribution in [2.45, 2.75) is 40.0 Å². The summed E-state index contributed by atoms with van der Waals surface area (Å²) in [6.45, 7) is 13.2. The van der Waals surface area contributed by atoms with Gasteiger partial charge >= 0.3 is 5.97 Å². The average Bonchev–Trinajstić information content (AvgIpc) is 1.97. The van der Waals surface area contributed by atoms with E-state index >= 15 is 0 Å². The molecule has 0 radical (unpaired) electrons. The number of carbonyl (C=O) groups excluding carboxylic acids is 1. The minimum Gasteiger partial charge on any atom is -0.463 e. The fraction of sp³-hybridized carbons (Fsp3) is 0.700. The number of ether oxygens (including phenoxy) is 1. The van der Waals surface area contributed by atoms with E-state index in [-0.39, 0.29) is 12.1 Å². The summed E-state index contributed by atoms with van der Waals surface area (Å²) in [6.07, 6.45) is 0.567. The van der Waals surface area contributed by atoms with E-state index in [1.54, 1.807) is 6.92 Å². The molecule has 3 nitrogen and oxygen atoms in total. The molecule has 0 aliphatic rings. The lowest BCUT2D eigenvalue weighted by Gasteiger charge is -2.24. The lowest BCUT2D eigenvalue weighted by atomic mass is 10.4. The predicted molar refractivity (Wildman–Crippen MR) is 59.5 cm³/mol. The predicted octanol–water partition coefficient (Wildman–Crippen LogP) is 2.28. The normalized spacial score (nSPS) is 11.6. The molecule has 0 rings (SSSR count). The first-order chi connectivity index (χ1) is 6.24. The third-order valence-electron chi connectivity index (χ3n) is 1.45. The van der Waals surface area contributed by atoms with Crippen molar-refractivity contribution >= 4 is 14.3 Å². The van der Waals surface area contributed by atoms with Gasteiger partial charge in [0.1, 0.15) is 6.23 Å². The molecule has 14 heavy (non-hydrogen) atoms. The van der Waals surface area contributed by atoms with Gasteiger partial charge in [0.25, 0.3) is 0 Å². The lowest BCUT2D eigenvalue weighted by molar-refractivity contribution is -0.137. The second-order valence-corrected chi connectivity index (χ2v) is 8.33. The van der Waals surface area contributed by atoms with Crippen molar-refractivity contribution in [1.29, 1.82) is 0 Å². The number of rotatable bonds is 5. The average molecular weight is 216 g/mol. The summed E-state index contributed by atoms with van der Waals surface area (Å²) in [7, 11) is -1.86. The Morgan fingerprint density at radius 3 is 2.29 bits per heavy atom. The molecule has 0 N–H and O–H groups in total. The van der Waals surface area contributed by atoms with Crippen molar-refractivity contribution in [2.75, 3.05) is 6.23 Å². The summed E-state index contributed by atoms with van der Waals surface area (Å²) in [6, 6.07) is 0. The Labute approximate surface area is 87.2 Å². The molecular formula is C10H20O3Si. The van der Waals surface area contributed by atoms with Gasteiger partial charge in [0.2, 0.25) is 8.32 Å². The van der Waals surface area contributed by atoms with Crippen LogP contribution in [0, 0.1) is 0 Å². The zero-order valence-electron chi connectivity index (χ0n) is 9.72. The maximum absolute atomic E-state index is 11.1. The first-order valence-electron chi connectivity index (χ1n) is 4.75. The van der Waals surface area contributed by atoms with E-state index < -0.39 is 8.32 Å². The Bertz CT molecular complexity index is 221. The molecule has 0 saturated carbocycles. The van der Waals surface area contributed by atoms with Gasteiger partial charge < -0.3 is 9.16 Å². The van der Waals surface area contributed by atoms with Gasteiger partial charge in [-0.2, -0.15) is 0 Å². The highest BCUT2D eigenvalue weighted by Crippen LogP contribution is 2.09. The minimum atomic E-state index is -1.86. The van der Waals surface area contributed by atoms with Gasteiger partial charge in [-0.25, -0.2) is 4.79 Å². The van der Waals surface area contributed by atoms with Gasteiger partial charge in [0, 0.05) is 11.7 Å². The van der Waals surface area contributed by atoms with Crippen LogP contribution in [0.5, 0.6) is 0 Å². The van der Waals surface area contributed by atoms with E-state index in [2.05, 4.69) is 6.58 Å². The molecule has 0 amide bonds. The Morgan fingerprint density at radius 2 is 1.93 bits per heavy atom. The molecule has 82 valence electrons. The molecule has 0 aromatic carbocycles. The van der Waals surface area contributed by atoms with Crippen molar-refractivity contribution in [3.63, 3.8) is 0 Å². The Kier molecular flexibility index (Phi) is 5.08. The minimum absolute atomic E-state index is 0.181. The number of esters is 1. The maximum atomic E-state index is 11.1. The zero-order chi connectivity index (χ0) is 11.4. The Hall–Kier alpha value is -0.613. The molecule has 0 aromatic rings. The van der Waals surface area contributed by atoms with Crippen LogP contribution in [0.15, 0.2) is 12.2 Å². The van der Waals surface area contributed by atoms with E-state index in [0.717, 1.165) is 0 Å². The lowest BCUT2D eigenvalue weighted by Crippen LogP contribution is -2.40. The van der Waals surface area contributed by atoms with Crippen molar-refractivity contribution < 1.29 is 14.0 Å². The molecular weight excluding hydrogens is 196 g/mol. The molecule has 0 heterocycles. The quantitative estimate of drug-likeness (QED) is 0.402. The van der Waals surface area contributed by atoms with Crippen LogP contribution in [0.1, 0.15) is 20.8 Å². The summed E-state index contributed by atoms with van der Waals surface area (Å²) in [5.74, 6) is -0.335. The van der Waals surface area contributed by atoms with Gasteiger partial charge in [-0.3, -0.25) is 0 Å². The molecule has 0 aliphatic heterocycles. The van der Waals surface area contributed by atoms with Gasteiger partial charge in [0.05, 0.1) is 0 Å². The molecule has 0 spiro atoms. The second-order valence-electron chi connectivity index (χ2n) is 4.28. The van der Waals surface area contributed by atoms with E-state index in [4.69, 9.17) is 9.16 Å². The summed E-state index contributed by atoms with van der Waals surface area (Å²) < 4.78 is 10.8. The third-order valence-corrected chi connectivity index (χ3v) is 3.40. The van der Waals surface area contributed by atoms with Crippen molar-refractivity contribution in [3.8, 4) is 0 Å². The Balaban J connectivity index is 3.98. The van der Waals surface area contributed by atoms with Crippen LogP contribution in [-0.4, -0.2) is 26.6 Å². The van der Waals surface area contributed by atoms with Crippen molar-refractivity contribution in [3.05, 3.63) is 12.2 Å². The third kappa shape index (κ3) is 5.94. The van der Waals surface area contributed by atoms with Gasteiger partial charge in [-0.1, -0.05) is 6.58 Å².